The number of anilines is 3. The number of hydrogen-bond acceptors (Lipinski definition) is 2. The van der Waals surface area contributed by atoms with Crippen molar-refractivity contribution >= 4 is 70.1 Å². The van der Waals surface area contributed by atoms with E-state index in [0.717, 1.165) is 11.4 Å². The molecule has 8 aromatic carbocycles. The van der Waals surface area contributed by atoms with Crippen LogP contribution >= 0.6 is 11.3 Å². The van der Waals surface area contributed by atoms with Gasteiger partial charge in [-0.15, -0.1) is 11.3 Å². The summed E-state index contributed by atoms with van der Waals surface area (Å²) in [7, 11) is 0. The fraction of sp³-hybridized carbons (Fsp3) is 0. The molecule has 0 spiro atoms. The average molecular weight is 604 g/mol. The summed E-state index contributed by atoms with van der Waals surface area (Å²) in [4.78, 5) is 2.44. The monoisotopic (exact) mass is 603 g/mol. The van der Waals surface area contributed by atoms with E-state index in [0.29, 0.717) is 0 Å². The molecule has 216 valence electrons. The number of benzene rings is 8. The van der Waals surface area contributed by atoms with Crippen molar-refractivity contribution in [1.29, 1.82) is 0 Å². The van der Waals surface area contributed by atoms with Gasteiger partial charge in [-0.3, -0.25) is 0 Å². The van der Waals surface area contributed by atoms with Gasteiger partial charge >= 0.3 is 0 Å². The van der Waals surface area contributed by atoms with E-state index in [1.807, 2.05) is 11.3 Å². The zero-order valence-corrected chi connectivity index (χ0v) is 25.9. The second-order valence-electron chi connectivity index (χ2n) is 11.8. The minimum Gasteiger partial charge on any atom is -0.310 e. The smallest absolute Gasteiger partial charge is 0.0547 e. The molecule has 0 atom stereocenters. The van der Waals surface area contributed by atoms with Crippen LogP contribution in [0.25, 0.3) is 64.0 Å². The van der Waals surface area contributed by atoms with E-state index in [1.165, 1.54) is 69.7 Å². The van der Waals surface area contributed by atoms with Crippen LogP contribution in [0.2, 0.25) is 0 Å². The van der Waals surface area contributed by atoms with Crippen LogP contribution < -0.4 is 4.90 Å². The summed E-state index contributed by atoms with van der Waals surface area (Å²) in [5.41, 5.74) is 8.35. The summed E-state index contributed by atoms with van der Waals surface area (Å²) in [5.74, 6) is 0. The number of hydrogen-bond donors (Lipinski definition) is 0. The number of rotatable bonds is 5. The van der Waals surface area contributed by atoms with Crippen molar-refractivity contribution in [2.24, 2.45) is 0 Å². The Labute approximate surface area is 272 Å². The topological polar surface area (TPSA) is 3.24 Å². The molecular weight excluding hydrogens is 575 g/mol. The molecule has 2 heteroatoms. The van der Waals surface area contributed by atoms with Crippen LogP contribution in [0.1, 0.15) is 0 Å². The minimum absolute atomic E-state index is 1.13. The zero-order chi connectivity index (χ0) is 30.5. The molecule has 1 nitrogen and oxygen atoms in total. The Morgan fingerprint density at radius 3 is 1.70 bits per heavy atom. The van der Waals surface area contributed by atoms with Gasteiger partial charge in [-0.05, 0) is 75.5 Å². The van der Waals surface area contributed by atoms with Crippen LogP contribution in [-0.4, -0.2) is 0 Å². The highest BCUT2D eigenvalue weighted by Gasteiger charge is 2.20. The van der Waals surface area contributed by atoms with Gasteiger partial charge < -0.3 is 4.90 Å². The molecule has 1 aromatic heterocycles. The maximum Gasteiger partial charge on any atom is 0.0547 e. The molecule has 9 rings (SSSR count). The van der Waals surface area contributed by atoms with E-state index in [2.05, 4.69) is 181 Å². The van der Waals surface area contributed by atoms with Crippen molar-refractivity contribution in [1.82, 2.24) is 0 Å². The Balaban J connectivity index is 1.31. The molecule has 9 aromatic rings. The summed E-state index contributed by atoms with van der Waals surface area (Å²) >= 11 is 1.89. The summed E-state index contributed by atoms with van der Waals surface area (Å²) in [5, 5.41) is 7.58. The lowest BCUT2D eigenvalue weighted by atomic mass is 9.99. The molecule has 0 bridgehead atoms. The van der Waals surface area contributed by atoms with E-state index in [-0.39, 0.29) is 0 Å². The SMILES string of the molecule is c1ccc(-c2ccc(N(c3ccc4ccccc4c3)c3cc4c5cc(-c6ccccc6)ccc5sc4c4ccccc34)cc2)cc1. The molecule has 0 aliphatic carbocycles. The first kappa shape index (κ1) is 26.7. The first-order valence-corrected chi connectivity index (χ1v) is 16.5. The molecule has 0 N–H and O–H groups in total. The van der Waals surface area contributed by atoms with Crippen molar-refractivity contribution < 1.29 is 0 Å². The van der Waals surface area contributed by atoms with E-state index >= 15 is 0 Å². The Kier molecular flexibility index (Phi) is 6.40. The zero-order valence-electron chi connectivity index (χ0n) is 25.1. The predicted molar refractivity (Wildman–Crippen MR) is 200 cm³/mol. The van der Waals surface area contributed by atoms with Crippen molar-refractivity contribution in [3.05, 3.63) is 176 Å². The lowest BCUT2D eigenvalue weighted by Gasteiger charge is -2.28. The molecule has 0 radical (unpaired) electrons. The number of fused-ring (bicyclic) bond motifs is 6. The molecule has 0 saturated heterocycles. The lowest BCUT2D eigenvalue weighted by molar-refractivity contribution is 1.31. The van der Waals surface area contributed by atoms with Crippen molar-refractivity contribution in [2.45, 2.75) is 0 Å². The van der Waals surface area contributed by atoms with Crippen LogP contribution in [0.4, 0.5) is 17.1 Å². The van der Waals surface area contributed by atoms with Gasteiger partial charge in [0, 0.05) is 42.3 Å². The average Bonchev–Trinajstić information content (AvgIpc) is 3.51. The molecular formula is C44H29NS. The highest BCUT2D eigenvalue weighted by Crippen LogP contribution is 2.47. The molecule has 46 heavy (non-hydrogen) atoms. The van der Waals surface area contributed by atoms with Crippen LogP contribution in [-0.2, 0) is 0 Å². The van der Waals surface area contributed by atoms with Gasteiger partial charge in [-0.1, -0.05) is 133 Å². The van der Waals surface area contributed by atoms with E-state index < -0.39 is 0 Å². The Morgan fingerprint density at radius 1 is 0.348 bits per heavy atom. The molecule has 1 heterocycles. The number of nitrogens with zero attached hydrogens (tertiary/aromatic N) is 1. The third kappa shape index (κ3) is 4.54. The third-order valence-electron chi connectivity index (χ3n) is 9.03. The molecule has 0 aliphatic heterocycles. The highest BCUT2D eigenvalue weighted by molar-refractivity contribution is 7.26. The van der Waals surface area contributed by atoms with E-state index in [1.54, 1.807) is 0 Å². The van der Waals surface area contributed by atoms with Gasteiger partial charge in [0.25, 0.3) is 0 Å². The van der Waals surface area contributed by atoms with Gasteiger partial charge in [0.15, 0.2) is 0 Å². The van der Waals surface area contributed by atoms with Gasteiger partial charge in [0.1, 0.15) is 0 Å². The third-order valence-corrected chi connectivity index (χ3v) is 10.2. The maximum absolute atomic E-state index is 2.44. The van der Waals surface area contributed by atoms with Gasteiger partial charge in [0.05, 0.1) is 5.69 Å². The standard InChI is InChI=1S/C44H29NS/c1-3-11-30(12-4-1)33-19-23-36(24-20-33)45(37-25-21-32-15-7-8-16-34(32)27-37)42-29-41-40-28-35(31-13-5-2-6-14-31)22-26-43(40)46-44(41)39-18-10-9-17-38(39)42/h1-29H. The molecule has 0 fully saturated rings. The van der Waals surface area contributed by atoms with Crippen LogP contribution in [0.15, 0.2) is 176 Å². The van der Waals surface area contributed by atoms with Gasteiger partial charge in [-0.2, -0.15) is 0 Å². The summed E-state index contributed by atoms with van der Waals surface area (Å²) < 4.78 is 2.64. The molecule has 0 saturated carbocycles. The second kappa shape index (κ2) is 11.0. The first-order valence-electron chi connectivity index (χ1n) is 15.7. The van der Waals surface area contributed by atoms with Gasteiger partial charge in [0.2, 0.25) is 0 Å². The summed E-state index contributed by atoms with van der Waals surface area (Å²) in [6, 6.07) is 63.9. The molecule has 0 unspecified atom stereocenters. The lowest BCUT2D eigenvalue weighted by Crippen LogP contribution is -2.10. The number of thiophene rings is 1. The van der Waals surface area contributed by atoms with Crippen molar-refractivity contribution in [3.63, 3.8) is 0 Å². The minimum atomic E-state index is 1.13. The van der Waals surface area contributed by atoms with Crippen LogP contribution in [0.3, 0.4) is 0 Å². The normalized spacial score (nSPS) is 11.5. The van der Waals surface area contributed by atoms with Crippen molar-refractivity contribution in [2.75, 3.05) is 4.90 Å². The summed E-state index contributed by atoms with van der Waals surface area (Å²) in [6.07, 6.45) is 0. The quantitative estimate of drug-likeness (QED) is 0.189. The summed E-state index contributed by atoms with van der Waals surface area (Å²) in [6.45, 7) is 0. The molecule has 0 amide bonds. The maximum atomic E-state index is 2.44. The fourth-order valence-electron chi connectivity index (χ4n) is 6.75. The Morgan fingerprint density at radius 2 is 0.935 bits per heavy atom. The first-order chi connectivity index (χ1) is 22.8. The Bertz CT molecular complexity index is 2510. The van der Waals surface area contributed by atoms with Crippen LogP contribution in [0.5, 0.6) is 0 Å². The van der Waals surface area contributed by atoms with Crippen molar-refractivity contribution in [3.8, 4) is 22.3 Å². The van der Waals surface area contributed by atoms with E-state index in [4.69, 9.17) is 0 Å². The Hall–Kier alpha value is -5.70. The van der Waals surface area contributed by atoms with Crippen LogP contribution in [0, 0.1) is 0 Å². The second-order valence-corrected chi connectivity index (χ2v) is 12.8. The highest BCUT2D eigenvalue weighted by atomic mass is 32.1. The fourth-order valence-corrected chi connectivity index (χ4v) is 7.95. The predicted octanol–water partition coefficient (Wildman–Crippen LogP) is 13.2. The largest absolute Gasteiger partial charge is 0.310 e. The molecule has 0 aliphatic rings. The van der Waals surface area contributed by atoms with E-state index in [9.17, 15) is 0 Å². The van der Waals surface area contributed by atoms with Gasteiger partial charge in [-0.25, -0.2) is 0 Å².